The predicted molar refractivity (Wildman–Crippen MR) is 58.2 cm³/mol. The second-order valence-corrected chi connectivity index (χ2v) is 2.94. The standard InChI is InChI=1S/C9H10N6O/c1-16-8-4-2-7(3-5-8)6-11-15-9(10)12-13-14-15/h2-6H,1H3,(H2,10,12,14)/b11-6+. The van der Waals surface area contributed by atoms with Gasteiger partial charge in [-0.1, -0.05) is 9.89 Å². The molecule has 2 aromatic rings. The maximum Gasteiger partial charge on any atom is 0.263 e. The molecule has 0 saturated heterocycles. The summed E-state index contributed by atoms with van der Waals surface area (Å²) < 4.78 is 5.04. The van der Waals surface area contributed by atoms with Gasteiger partial charge in [0.2, 0.25) is 0 Å². The first-order valence-electron chi connectivity index (χ1n) is 4.52. The Kier molecular flexibility index (Phi) is 2.77. The normalized spacial score (nSPS) is 10.8. The van der Waals surface area contributed by atoms with E-state index in [0.29, 0.717) is 0 Å². The van der Waals surface area contributed by atoms with Gasteiger partial charge in [0.1, 0.15) is 5.75 Å². The summed E-state index contributed by atoms with van der Waals surface area (Å²) in [5.41, 5.74) is 6.34. The molecule has 0 spiro atoms. The van der Waals surface area contributed by atoms with Crippen molar-refractivity contribution in [1.29, 1.82) is 0 Å². The van der Waals surface area contributed by atoms with Crippen molar-refractivity contribution >= 4 is 12.2 Å². The van der Waals surface area contributed by atoms with E-state index in [1.54, 1.807) is 13.3 Å². The fourth-order valence-corrected chi connectivity index (χ4v) is 1.08. The van der Waals surface area contributed by atoms with Crippen LogP contribution in [0.25, 0.3) is 0 Å². The molecule has 2 N–H and O–H groups in total. The quantitative estimate of drug-likeness (QED) is 0.740. The number of nitrogen functional groups attached to an aromatic ring is 1. The van der Waals surface area contributed by atoms with Crippen LogP contribution in [0.4, 0.5) is 5.95 Å². The molecule has 1 heterocycles. The first-order chi connectivity index (χ1) is 7.79. The van der Waals surface area contributed by atoms with Crippen LogP contribution in [-0.2, 0) is 0 Å². The van der Waals surface area contributed by atoms with Crippen LogP contribution in [0.1, 0.15) is 5.56 Å². The zero-order valence-corrected chi connectivity index (χ0v) is 8.61. The summed E-state index contributed by atoms with van der Waals surface area (Å²) in [4.78, 5) is 1.14. The maximum absolute atomic E-state index is 5.44. The number of hydrogen-bond donors (Lipinski definition) is 1. The minimum atomic E-state index is 0.143. The minimum Gasteiger partial charge on any atom is -0.497 e. The molecule has 0 aliphatic heterocycles. The van der Waals surface area contributed by atoms with E-state index in [0.717, 1.165) is 16.1 Å². The number of rotatable bonds is 3. The molecule has 0 amide bonds. The average Bonchev–Trinajstić information content (AvgIpc) is 2.73. The Morgan fingerprint density at radius 3 is 2.69 bits per heavy atom. The number of anilines is 1. The number of ether oxygens (including phenoxy) is 1. The van der Waals surface area contributed by atoms with Crippen molar-refractivity contribution in [3.8, 4) is 5.75 Å². The van der Waals surface area contributed by atoms with Gasteiger partial charge in [-0.15, -0.1) is 0 Å². The van der Waals surface area contributed by atoms with E-state index in [1.165, 1.54) is 0 Å². The fraction of sp³-hybridized carbons (Fsp3) is 0.111. The van der Waals surface area contributed by atoms with Crippen LogP contribution in [0.15, 0.2) is 29.4 Å². The Morgan fingerprint density at radius 2 is 2.12 bits per heavy atom. The third-order valence-corrected chi connectivity index (χ3v) is 1.91. The topological polar surface area (TPSA) is 91.2 Å². The molecule has 0 bridgehead atoms. The second kappa shape index (κ2) is 4.39. The fourth-order valence-electron chi connectivity index (χ4n) is 1.08. The van der Waals surface area contributed by atoms with E-state index in [4.69, 9.17) is 10.5 Å². The lowest BCUT2D eigenvalue weighted by molar-refractivity contribution is 0.415. The van der Waals surface area contributed by atoms with Crippen LogP contribution in [0.2, 0.25) is 0 Å². The van der Waals surface area contributed by atoms with E-state index in [1.807, 2.05) is 24.3 Å². The van der Waals surface area contributed by atoms with Gasteiger partial charge in [-0.2, -0.15) is 5.10 Å². The van der Waals surface area contributed by atoms with Crippen molar-refractivity contribution in [3.63, 3.8) is 0 Å². The average molecular weight is 218 g/mol. The minimum absolute atomic E-state index is 0.143. The molecular weight excluding hydrogens is 208 g/mol. The molecule has 0 saturated carbocycles. The summed E-state index contributed by atoms with van der Waals surface area (Å²) in [6.07, 6.45) is 1.60. The highest BCUT2D eigenvalue weighted by Crippen LogP contribution is 2.09. The molecule has 0 unspecified atom stereocenters. The first-order valence-corrected chi connectivity index (χ1v) is 4.52. The Balaban J connectivity index is 2.14. The van der Waals surface area contributed by atoms with Gasteiger partial charge >= 0.3 is 0 Å². The van der Waals surface area contributed by atoms with Crippen LogP contribution < -0.4 is 10.5 Å². The van der Waals surface area contributed by atoms with Gasteiger partial charge in [-0.25, -0.2) is 0 Å². The highest BCUT2D eigenvalue weighted by atomic mass is 16.5. The number of benzene rings is 1. The lowest BCUT2D eigenvalue weighted by atomic mass is 10.2. The third kappa shape index (κ3) is 2.14. The van der Waals surface area contributed by atoms with Gasteiger partial charge in [0, 0.05) is 0 Å². The number of nitrogens with two attached hydrogens (primary N) is 1. The molecule has 0 aliphatic carbocycles. The van der Waals surface area contributed by atoms with Crippen molar-refractivity contribution in [2.75, 3.05) is 12.8 Å². The van der Waals surface area contributed by atoms with E-state index < -0.39 is 0 Å². The van der Waals surface area contributed by atoms with Gasteiger partial charge < -0.3 is 10.5 Å². The molecule has 1 aromatic carbocycles. The Morgan fingerprint density at radius 1 is 1.38 bits per heavy atom. The van der Waals surface area contributed by atoms with Crippen molar-refractivity contribution in [2.45, 2.75) is 0 Å². The summed E-state index contributed by atoms with van der Waals surface area (Å²) in [7, 11) is 1.62. The molecule has 7 nitrogen and oxygen atoms in total. The van der Waals surface area contributed by atoms with Crippen LogP contribution >= 0.6 is 0 Å². The zero-order chi connectivity index (χ0) is 11.4. The smallest absolute Gasteiger partial charge is 0.263 e. The zero-order valence-electron chi connectivity index (χ0n) is 8.61. The molecule has 1 aromatic heterocycles. The lowest BCUT2D eigenvalue weighted by Gasteiger charge is -1.98. The Labute approximate surface area is 91.5 Å². The molecule has 0 fully saturated rings. The van der Waals surface area contributed by atoms with Crippen LogP contribution in [-0.4, -0.2) is 33.6 Å². The molecule has 2 rings (SSSR count). The maximum atomic E-state index is 5.44. The number of methoxy groups -OCH3 is 1. The summed E-state index contributed by atoms with van der Waals surface area (Å²) in [6, 6.07) is 7.40. The third-order valence-electron chi connectivity index (χ3n) is 1.91. The van der Waals surface area contributed by atoms with Gasteiger partial charge in [0.25, 0.3) is 5.95 Å². The molecule has 0 aliphatic rings. The van der Waals surface area contributed by atoms with E-state index in [-0.39, 0.29) is 5.95 Å². The number of hydrogen-bond acceptors (Lipinski definition) is 6. The van der Waals surface area contributed by atoms with Crippen molar-refractivity contribution in [3.05, 3.63) is 29.8 Å². The summed E-state index contributed by atoms with van der Waals surface area (Å²) in [6.45, 7) is 0. The van der Waals surface area contributed by atoms with Crippen LogP contribution in [0.3, 0.4) is 0 Å². The van der Waals surface area contributed by atoms with Gasteiger partial charge in [-0.3, -0.25) is 0 Å². The largest absolute Gasteiger partial charge is 0.497 e. The van der Waals surface area contributed by atoms with Gasteiger partial charge in [0.15, 0.2) is 0 Å². The SMILES string of the molecule is COc1ccc(/C=N/n2nnnc2N)cc1. The van der Waals surface area contributed by atoms with Crippen LogP contribution in [0.5, 0.6) is 5.75 Å². The Bertz CT molecular complexity index is 489. The molecule has 82 valence electrons. The monoisotopic (exact) mass is 218 g/mol. The first kappa shape index (κ1) is 10.1. The van der Waals surface area contributed by atoms with Gasteiger partial charge in [-0.05, 0) is 40.3 Å². The van der Waals surface area contributed by atoms with Crippen molar-refractivity contribution < 1.29 is 4.74 Å². The number of nitrogens with zero attached hydrogens (tertiary/aromatic N) is 5. The molecule has 16 heavy (non-hydrogen) atoms. The van der Waals surface area contributed by atoms with E-state index >= 15 is 0 Å². The predicted octanol–water partition coefficient (Wildman–Crippen LogP) is 0.146. The Hall–Kier alpha value is -2.44. The van der Waals surface area contributed by atoms with Crippen molar-refractivity contribution in [2.24, 2.45) is 5.10 Å². The molecule has 7 heteroatoms. The summed E-state index contributed by atoms with van der Waals surface area (Å²) in [5.74, 6) is 0.934. The van der Waals surface area contributed by atoms with Crippen LogP contribution in [0, 0.1) is 0 Å². The number of aromatic nitrogens is 4. The van der Waals surface area contributed by atoms with E-state index in [9.17, 15) is 0 Å². The summed E-state index contributed by atoms with van der Waals surface area (Å²) >= 11 is 0. The second-order valence-electron chi connectivity index (χ2n) is 2.94. The summed E-state index contributed by atoms with van der Waals surface area (Å²) in [5, 5.41) is 14.4. The highest BCUT2D eigenvalue weighted by Gasteiger charge is 1.96. The molecule has 0 atom stereocenters. The van der Waals surface area contributed by atoms with Crippen molar-refractivity contribution in [1.82, 2.24) is 20.3 Å². The van der Waals surface area contributed by atoms with E-state index in [2.05, 4.69) is 20.6 Å². The molecular formula is C9H10N6O. The lowest BCUT2D eigenvalue weighted by Crippen LogP contribution is -1.99. The molecule has 0 radical (unpaired) electrons. The van der Waals surface area contributed by atoms with Gasteiger partial charge in [0.05, 0.1) is 13.3 Å². The highest BCUT2D eigenvalue weighted by molar-refractivity contribution is 5.79. The number of tetrazole rings is 1.